The van der Waals surface area contributed by atoms with E-state index in [0.29, 0.717) is 5.56 Å². The van der Waals surface area contributed by atoms with Crippen molar-refractivity contribution in [2.75, 3.05) is 11.4 Å². The molecule has 0 atom stereocenters. The number of fused-ring (bicyclic) bond motifs is 1. The number of anilines is 1. The van der Waals surface area contributed by atoms with Crippen LogP contribution in [-0.2, 0) is 13.0 Å². The van der Waals surface area contributed by atoms with E-state index in [2.05, 4.69) is 27.4 Å². The third-order valence-corrected chi connectivity index (χ3v) is 4.03. The highest BCUT2D eigenvalue weighted by Gasteiger charge is 2.18. The molecule has 0 radical (unpaired) electrons. The number of aromatic nitrogens is 1. The van der Waals surface area contributed by atoms with E-state index in [1.165, 1.54) is 10.4 Å². The van der Waals surface area contributed by atoms with Crippen LogP contribution in [0.1, 0.15) is 16.0 Å². The molecule has 3 rings (SSSR count). The number of hydrogen-bond acceptors (Lipinski definition) is 4. The van der Waals surface area contributed by atoms with Gasteiger partial charge in [0.1, 0.15) is 5.82 Å². The molecule has 0 unspecified atom stereocenters. The maximum Gasteiger partial charge on any atom is 0.130 e. The van der Waals surface area contributed by atoms with Gasteiger partial charge in [-0.25, -0.2) is 4.98 Å². The first-order valence-electron chi connectivity index (χ1n) is 5.53. The molecule has 2 aromatic rings. The Morgan fingerprint density at radius 3 is 3.24 bits per heavy atom. The Balaban J connectivity index is 1.89. The largest absolute Gasteiger partial charge is 0.352 e. The summed E-state index contributed by atoms with van der Waals surface area (Å²) in [5, 5.41) is 11.0. The van der Waals surface area contributed by atoms with Crippen LogP contribution in [0.3, 0.4) is 0 Å². The lowest BCUT2D eigenvalue weighted by atomic mass is 10.1. The average molecular weight is 241 g/mol. The number of rotatable bonds is 1. The Morgan fingerprint density at radius 1 is 1.41 bits per heavy atom. The van der Waals surface area contributed by atoms with Crippen LogP contribution in [0.15, 0.2) is 29.8 Å². The van der Waals surface area contributed by atoms with E-state index in [9.17, 15) is 0 Å². The second kappa shape index (κ2) is 4.19. The third kappa shape index (κ3) is 1.90. The summed E-state index contributed by atoms with van der Waals surface area (Å²) in [6.45, 7) is 1.89. The van der Waals surface area contributed by atoms with E-state index >= 15 is 0 Å². The second-order valence-corrected chi connectivity index (χ2v) is 5.06. The summed E-state index contributed by atoms with van der Waals surface area (Å²) in [4.78, 5) is 8.06. The summed E-state index contributed by atoms with van der Waals surface area (Å²) in [5.41, 5.74) is 2.07. The molecule has 0 saturated carbocycles. The first-order chi connectivity index (χ1) is 8.36. The molecule has 0 spiro atoms. The lowest BCUT2D eigenvalue weighted by Crippen LogP contribution is -2.30. The summed E-state index contributed by atoms with van der Waals surface area (Å²) < 4.78 is 0. The van der Waals surface area contributed by atoms with E-state index in [4.69, 9.17) is 5.26 Å². The molecule has 2 aromatic heterocycles. The lowest BCUT2D eigenvalue weighted by molar-refractivity contribution is 0.732. The van der Waals surface area contributed by atoms with E-state index in [1.54, 1.807) is 12.3 Å². The first-order valence-corrected chi connectivity index (χ1v) is 6.41. The van der Waals surface area contributed by atoms with Gasteiger partial charge in [-0.2, -0.15) is 5.26 Å². The van der Waals surface area contributed by atoms with Gasteiger partial charge in [-0.1, -0.05) is 0 Å². The van der Waals surface area contributed by atoms with Gasteiger partial charge in [-0.3, -0.25) is 0 Å². The first kappa shape index (κ1) is 10.3. The van der Waals surface area contributed by atoms with Gasteiger partial charge in [0.15, 0.2) is 0 Å². The molecule has 0 aliphatic carbocycles. The molecule has 3 heterocycles. The molecule has 84 valence electrons. The third-order valence-electron chi connectivity index (χ3n) is 3.01. The van der Waals surface area contributed by atoms with Gasteiger partial charge >= 0.3 is 0 Å². The topological polar surface area (TPSA) is 39.9 Å². The highest BCUT2D eigenvalue weighted by molar-refractivity contribution is 7.10. The fourth-order valence-electron chi connectivity index (χ4n) is 2.10. The monoisotopic (exact) mass is 241 g/mol. The van der Waals surface area contributed by atoms with Crippen molar-refractivity contribution in [3.63, 3.8) is 0 Å². The molecule has 0 amide bonds. The van der Waals surface area contributed by atoms with Crippen molar-refractivity contribution in [2.45, 2.75) is 13.0 Å². The van der Waals surface area contributed by atoms with Gasteiger partial charge in [0.05, 0.1) is 11.6 Å². The van der Waals surface area contributed by atoms with Crippen molar-refractivity contribution in [1.82, 2.24) is 4.98 Å². The normalized spacial score (nSPS) is 14.2. The Kier molecular flexibility index (Phi) is 2.54. The zero-order valence-corrected chi connectivity index (χ0v) is 10.1. The van der Waals surface area contributed by atoms with Crippen molar-refractivity contribution >= 4 is 17.2 Å². The van der Waals surface area contributed by atoms with Crippen LogP contribution in [-0.4, -0.2) is 11.5 Å². The number of hydrogen-bond donors (Lipinski definition) is 0. The zero-order valence-electron chi connectivity index (χ0n) is 9.26. The molecule has 0 fully saturated rings. The predicted molar refractivity (Wildman–Crippen MR) is 68.0 cm³/mol. The molecule has 1 aliphatic heterocycles. The molecule has 0 N–H and O–H groups in total. The number of nitrogens with zero attached hydrogens (tertiary/aromatic N) is 3. The molecule has 3 nitrogen and oxygen atoms in total. The average Bonchev–Trinajstić information content (AvgIpc) is 2.86. The molecule has 1 aliphatic rings. The van der Waals surface area contributed by atoms with Crippen LogP contribution in [0, 0.1) is 11.3 Å². The smallest absolute Gasteiger partial charge is 0.130 e. The number of pyridine rings is 1. The second-order valence-electron chi connectivity index (χ2n) is 4.06. The van der Waals surface area contributed by atoms with Crippen molar-refractivity contribution in [2.24, 2.45) is 0 Å². The highest BCUT2D eigenvalue weighted by Crippen LogP contribution is 2.26. The van der Waals surface area contributed by atoms with Gasteiger partial charge in [-0.05, 0) is 35.6 Å². The van der Waals surface area contributed by atoms with Crippen molar-refractivity contribution < 1.29 is 0 Å². The van der Waals surface area contributed by atoms with Crippen LogP contribution in [0.25, 0.3) is 0 Å². The van der Waals surface area contributed by atoms with E-state index in [0.717, 1.165) is 25.3 Å². The highest BCUT2D eigenvalue weighted by atomic mass is 32.1. The van der Waals surface area contributed by atoms with Crippen molar-refractivity contribution in [3.8, 4) is 6.07 Å². The molecule has 0 bridgehead atoms. The van der Waals surface area contributed by atoms with Gasteiger partial charge < -0.3 is 4.90 Å². The van der Waals surface area contributed by atoms with Crippen LogP contribution in [0.5, 0.6) is 0 Å². The number of nitriles is 1. The van der Waals surface area contributed by atoms with Crippen LogP contribution in [0.4, 0.5) is 5.82 Å². The van der Waals surface area contributed by atoms with Gasteiger partial charge in [0.2, 0.25) is 0 Å². The summed E-state index contributed by atoms with van der Waals surface area (Å²) in [6.07, 6.45) is 2.78. The minimum Gasteiger partial charge on any atom is -0.352 e. The van der Waals surface area contributed by atoms with Gasteiger partial charge in [-0.15, -0.1) is 11.3 Å². The zero-order chi connectivity index (χ0) is 11.7. The van der Waals surface area contributed by atoms with Gasteiger partial charge in [0.25, 0.3) is 0 Å². The Bertz CT molecular complexity index is 582. The summed E-state index contributed by atoms with van der Waals surface area (Å²) in [5.74, 6) is 0.904. The SMILES string of the molecule is N#Cc1ccnc(N2CCc3sccc3C2)c1. The van der Waals surface area contributed by atoms with Crippen LogP contribution >= 0.6 is 11.3 Å². The van der Waals surface area contributed by atoms with E-state index < -0.39 is 0 Å². The fraction of sp³-hybridized carbons (Fsp3) is 0.231. The number of thiophene rings is 1. The maximum absolute atomic E-state index is 8.89. The molecular formula is C13H11N3S. The van der Waals surface area contributed by atoms with Crippen LogP contribution < -0.4 is 4.90 Å². The van der Waals surface area contributed by atoms with Crippen LogP contribution in [0.2, 0.25) is 0 Å². The minimum absolute atomic E-state index is 0.672. The maximum atomic E-state index is 8.89. The molecule has 0 aromatic carbocycles. The van der Waals surface area contributed by atoms with Gasteiger partial charge in [0, 0.05) is 24.2 Å². The molecule has 0 saturated heterocycles. The minimum atomic E-state index is 0.672. The fourth-order valence-corrected chi connectivity index (χ4v) is 2.99. The predicted octanol–water partition coefficient (Wildman–Crippen LogP) is 2.58. The lowest BCUT2D eigenvalue weighted by Gasteiger charge is -2.27. The standard InChI is InChI=1S/C13H11N3S/c14-8-10-1-4-15-13(7-10)16-5-2-12-11(9-16)3-6-17-12/h1,3-4,6-7H,2,5,9H2. The van der Waals surface area contributed by atoms with Crippen molar-refractivity contribution in [1.29, 1.82) is 5.26 Å². The Morgan fingerprint density at radius 2 is 2.35 bits per heavy atom. The molecule has 4 heteroatoms. The van der Waals surface area contributed by atoms with E-state index in [-0.39, 0.29) is 0 Å². The summed E-state index contributed by atoms with van der Waals surface area (Å²) >= 11 is 1.83. The summed E-state index contributed by atoms with van der Waals surface area (Å²) in [7, 11) is 0. The molecular weight excluding hydrogens is 230 g/mol. The van der Waals surface area contributed by atoms with Crippen molar-refractivity contribution in [3.05, 3.63) is 45.8 Å². The van der Waals surface area contributed by atoms with E-state index in [1.807, 2.05) is 17.4 Å². The Hall–Kier alpha value is -1.86. The molecule has 17 heavy (non-hydrogen) atoms. The Labute approximate surface area is 104 Å². The quantitative estimate of drug-likeness (QED) is 0.770. The summed E-state index contributed by atoms with van der Waals surface area (Å²) in [6, 6.07) is 7.93.